The lowest BCUT2D eigenvalue weighted by Crippen LogP contribution is -2.09. The average molecular weight is 180 g/mol. The summed E-state index contributed by atoms with van der Waals surface area (Å²) in [7, 11) is 0. The zero-order chi connectivity index (χ0) is 9.68. The second kappa shape index (κ2) is 4.62. The van der Waals surface area contributed by atoms with E-state index in [0.717, 1.165) is 5.56 Å². The molecule has 1 N–H and O–H groups in total. The van der Waals surface area contributed by atoms with E-state index in [2.05, 4.69) is 4.74 Å². The van der Waals surface area contributed by atoms with E-state index >= 15 is 0 Å². The Bertz CT molecular complexity index is 269. The number of carbonyl (C=O) groups is 1. The van der Waals surface area contributed by atoms with Gasteiger partial charge in [-0.15, -0.1) is 0 Å². The van der Waals surface area contributed by atoms with Crippen molar-refractivity contribution in [1.29, 1.82) is 0 Å². The molecule has 0 unspecified atom stereocenters. The van der Waals surface area contributed by atoms with E-state index in [0.29, 0.717) is 0 Å². The minimum absolute atomic E-state index is 0.0132. The van der Waals surface area contributed by atoms with Gasteiger partial charge in [-0.2, -0.15) is 0 Å². The molecule has 0 spiro atoms. The van der Waals surface area contributed by atoms with Gasteiger partial charge in [0.15, 0.2) is 0 Å². The Morgan fingerprint density at radius 1 is 1.46 bits per heavy atom. The molecule has 13 heavy (non-hydrogen) atoms. The van der Waals surface area contributed by atoms with Crippen LogP contribution in [0.3, 0.4) is 0 Å². The number of aliphatic hydroxyl groups excluding tert-OH is 1. The van der Waals surface area contributed by atoms with Gasteiger partial charge in [-0.25, -0.2) is 0 Å². The van der Waals surface area contributed by atoms with Crippen LogP contribution in [-0.2, 0) is 9.53 Å². The monoisotopic (exact) mass is 180 g/mol. The number of hydrogen-bond acceptors (Lipinski definition) is 3. The Morgan fingerprint density at radius 3 is 2.62 bits per heavy atom. The van der Waals surface area contributed by atoms with Crippen molar-refractivity contribution in [3.63, 3.8) is 0 Å². The fourth-order valence-electron chi connectivity index (χ4n) is 0.968. The number of aliphatic hydroxyl groups is 1. The standard InChI is InChI=1S/C10H12O3/c1-8(11)13-7-10(12)9-5-3-2-4-6-9/h2-6,10,12H,7H2,1H3/t10-/m1/s1. The fraction of sp³-hybridized carbons (Fsp3) is 0.300. The second-order valence-corrected chi connectivity index (χ2v) is 2.73. The van der Waals surface area contributed by atoms with E-state index in [4.69, 9.17) is 0 Å². The number of benzene rings is 1. The van der Waals surface area contributed by atoms with Crippen LogP contribution in [0.2, 0.25) is 0 Å². The molecule has 0 aromatic heterocycles. The summed E-state index contributed by atoms with van der Waals surface area (Å²) in [5.74, 6) is -0.380. The molecule has 0 amide bonds. The third-order valence-corrected chi connectivity index (χ3v) is 1.63. The van der Waals surface area contributed by atoms with E-state index in [-0.39, 0.29) is 12.6 Å². The summed E-state index contributed by atoms with van der Waals surface area (Å²) in [4.78, 5) is 10.4. The average Bonchev–Trinajstić information content (AvgIpc) is 2.15. The fourth-order valence-corrected chi connectivity index (χ4v) is 0.968. The first-order valence-electron chi connectivity index (χ1n) is 4.06. The molecule has 1 atom stereocenters. The molecule has 0 saturated heterocycles. The predicted octanol–water partition coefficient (Wildman–Crippen LogP) is 1.28. The second-order valence-electron chi connectivity index (χ2n) is 2.73. The van der Waals surface area contributed by atoms with Crippen molar-refractivity contribution < 1.29 is 14.6 Å². The van der Waals surface area contributed by atoms with Crippen molar-refractivity contribution >= 4 is 5.97 Å². The van der Waals surface area contributed by atoms with Crippen LogP contribution in [0.1, 0.15) is 18.6 Å². The van der Waals surface area contributed by atoms with Gasteiger partial charge < -0.3 is 9.84 Å². The van der Waals surface area contributed by atoms with Gasteiger partial charge in [0.05, 0.1) is 0 Å². The van der Waals surface area contributed by atoms with Crippen molar-refractivity contribution in [3.05, 3.63) is 35.9 Å². The lowest BCUT2D eigenvalue weighted by molar-refractivity contribution is -0.144. The molecular weight excluding hydrogens is 168 g/mol. The maximum atomic E-state index is 10.4. The minimum Gasteiger partial charge on any atom is -0.463 e. The molecule has 3 heteroatoms. The highest BCUT2D eigenvalue weighted by molar-refractivity contribution is 5.65. The number of hydrogen-bond donors (Lipinski definition) is 1. The van der Waals surface area contributed by atoms with Crippen molar-refractivity contribution in [1.82, 2.24) is 0 Å². The topological polar surface area (TPSA) is 46.5 Å². The van der Waals surface area contributed by atoms with E-state index < -0.39 is 6.10 Å². The van der Waals surface area contributed by atoms with Crippen LogP contribution in [0.25, 0.3) is 0 Å². The van der Waals surface area contributed by atoms with Crippen LogP contribution in [0, 0.1) is 0 Å². The Balaban J connectivity index is 2.49. The van der Waals surface area contributed by atoms with Crippen LogP contribution in [-0.4, -0.2) is 17.7 Å². The Hall–Kier alpha value is -1.35. The van der Waals surface area contributed by atoms with Gasteiger partial charge in [0, 0.05) is 6.92 Å². The smallest absolute Gasteiger partial charge is 0.302 e. The zero-order valence-corrected chi connectivity index (χ0v) is 7.43. The van der Waals surface area contributed by atoms with Gasteiger partial charge >= 0.3 is 5.97 Å². The minimum atomic E-state index is -0.731. The predicted molar refractivity (Wildman–Crippen MR) is 48.0 cm³/mol. The molecule has 70 valence electrons. The van der Waals surface area contributed by atoms with E-state index in [1.54, 1.807) is 12.1 Å². The first kappa shape index (κ1) is 9.74. The summed E-state index contributed by atoms with van der Waals surface area (Å²) in [6, 6.07) is 9.09. The van der Waals surface area contributed by atoms with Crippen molar-refractivity contribution in [2.24, 2.45) is 0 Å². The van der Waals surface area contributed by atoms with E-state index in [1.807, 2.05) is 18.2 Å². The Kier molecular flexibility index (Phi) is 3.46. The van der Waals surface area contributed by atoms with Crippen LogP contribution >= 0.6 is 0 Å². The Labute approximate surface area is 77.0 Å². The van der Waals surface area contributed by atoms with Crippen molar-refractivity contribution in [3.8, 4) is 0 Å². The normalized spacial score (nSPS) is 12.2. The highest BCUT2D eigenvalue weighted by Crippen LogP contribution is 2.11. The molecule has 0 aliphatic heterocycles. The first-order valence-corrected chi connectivity index (χ1v) is 4.06. The summed E-state index contributed by atoms with van der Waals surface area (Å²) < 4.78 is 4.67. The van der Waals surface area contributed by atoms with Gasteiger partial charge in [0.1, 0.15) is 12.7 Å². The van der Waals surface area contributed by atoms with Crippen molar-refractivity contribution in [2.45, 2.75) is 13.0 Å². The van der Waals surface area contributed by atoms with Crippen LogP contribution in [0.4, 0.5) is 0 Å². The maximum absolute atomic E-state index is 10.4. The molecule has 0 bridgehead atoms. The summed E-state index contributed by atoms with van der Waals surface area (Å²) >= 11 is 0. The van der Waals surface area contributed by atoms with E-state index in [9.17, 15) is 9.90 Å². The molecule has 1 rings (SSSR count). The quantitative estimate of drug-likeness (QED) is 0.713. The molecule has 0 aliphatic carbocycles. The molecule has 0 saturated carbocycles. The lowest BCUT2D eigenvalue weighted by Gasteiger charge is -2.09. The van der Waals surface area contributed by atoms with Gasteiger partial charge in [-0.3, -0.25) is 4.79 Å². The van der Waals surface area contributed by atoms with Crippen LogP contribution < -0.4 is 0 Å². The third kappa shape index (κ3) is 3.25. The first-order chi connectivity index (χ1) is 6.20. The highest BCUT2D eigenvalue weighted by Gasteiger charge is 2.07. The van der Waals surface area contributed by atoms with Gasteiger partial charge in [-0.05, 0) is 5.56 Å². The molecule has 0 heterocycles. The summed E-state index contributed by atoms with van der Waals surface area (Å²) in [5.41, 5.74) is 0.753. The number of carbonyl (C=O) groups excluding carboxylic acids is 1. The Morgan fingerprint density at radius 2 is 2.08 bits per heavy atom. The SMILES string of the molecule is CC(=O)OC[C@@H](O)c1ccccc1. The maximum Gasteiger partial charge on any atom is 0.302 e. The number of rotatable bonds is 3. The van der Waals surface area contributed by atoms with Gasteiger partial charge in [0.2, 0.25) is 0 Å². The van der Waals surface area contributed by atoms with Crippen LogP contribution in [0.5, 0.6) is 0 Å². The molecular formula is C10H12O3. The van der Waals surface area contributed by atoms with Gasteiger partial charge in [0.25, 0.3) is 0 Å². The van der Waals surface area contributed by atoms with Crippen LogP contribution in [0.15, 0.2) is 30.3 Å². The molecule has 1 aromatic carbocycles. The molecule has 0 fully saturated rings. The van der Waals surface area contributed by atoms with Gasteiger partial charge in [-0.1, -0.05) is 30.3 Å². The zero-order valence-electron chi connectivity index (χ0n) is 7.43. The molecule has 1 aromatic rings. The van der Waals surface area contributed by atoms with E-state index in [1.165, 1.54) is 6.92 Å². The number of esters is 1. The summed E-state index contributed by atoms with van der Waals surface area (Å²) in [6.45, 7) is 1.33. The molecule has 3 nitrogen and oxygen atoms in total. The highest BCUT2D eigenvalue weighted by atomic mass is 16.5. The molecule has 0 aliphatic rings. The molecule has 0 radical (unpaired) electrons. The number of ether oxygens (including phenoxy) is 1. The summed E-state index contributed by atoms with van der Waals surface area (Å²) in [5, 5.41) is 9.49. The van der Waals surface area contributed by atoms with Crippen molar-refractivity contribution in [2.75, 3.05) is 6.61 Å². The largest absolute Gasteiger partial charge is 0.463 e. The lowest BCUT2D eigenvalue weighted by atomic mass is 10.1. The third-order valence-electron chi connectivity index (χ3n) is 1.63. The summed E-state index contributed by atoms with van der Waals surface area (Å²) in [6.07, 6.45) is -0.731.